The summed E-state index contributed by atoms with van der Waals surface area (Å²) in [6.07, 6.45) is -4.80. The number of rotatable bonds is 5. The third-order valence-corrected chi connectivity index (χ3v) is 3.62. The van der Waals surface area contributed by atoms with Crippen LogP contribution in [0.1, 0.15) is 16.2 Å². The molecule has 0 aliphatic heterocycles. The number of nitrogens with zero attached hydrogens (tertiary/aromatic N) is 2. The van der Waals surface area contributed by atoms with Crippen LogP contribution < -0.4 is 4.74 Å². The molecule has 0 N–H and O–H groups in total. The van der Waals surface area contributed by atoms with E-state index in [-0.39, 0.29) is 16.7 Å². The molecule has 11 heteroatoms. The van der Waals surface area contributed by atoms with Crippen LogP contribution in [0.4, 0.5) is 17.6 Å². The van der Waals surface area contributed by atoms with Gasteiger partial charge in [0.2, 0.25) is 5.82 Å². The van der Waals surface area contributed by atoms with E-state index in [9.17, 15) is 22.4 Å². The minimum absolute atomic E-state index is 0.0496. The molecule has 0 bridgehead atoms. The largest absolute Gasteiger partial charge is 0.573 e. The van der Waals surface area contributed by atoms with Gasteiger partial charge in [-0.15, -0.1) is 13.2 Å². The number of carbonyl (C=O) groups excluding carboxylic acids is 1. The molecule has 6 nitrogen and oxygen atoms in total. The molecule has 0 aliphatic carbocycles. The van der Waals surface area contributed by atoms with Crippen molar-refractivity contribution in [3.05, 3.63) is 64.8 Å². The summed E-state index contributed by atoms with van der Waals surface area (Å²) < 4.78 is 63.7. The van der Waals surface area contributed by atoms with Gasteiger partial charge in [-0.3, -0.25) is 0 Å². The third kappa shape index (κ3) is 4.77. The zero-order valence-electron chi connectivity index (χ0n) is 13.7. The maximum Gasteiger partial charge on any atom is 0.573 e. The van der Waals surface area contributed by atoms with E-state index in [0.717, 1.165) is 18.2 Å². The molecule has 2 aromatic carbocycles. The van der Waals surface area contributed by atoms with Crippen LogP contribution in [0, 0.1) is 5.82 Å². The van der Waals surface area contributed by atoms with Gasteiger partial charge in [-0.05, 0) is 36.4 Å². The Balaban J connectivity index is 1.65. The molecule has 28 heavy (non-hydrogen) atoms. The van der Waals surface area contributed by atoms with Crippen LogP contribution in [0.2, 0.25) is 5.02 Å². The first-order valence-electron chi connectivity index (χ1n) is 7.53. The van der Waals surface area contributed by atoms with Gasteiger partial charge in [0, 0.05) is 5.56 Å². The highest BCUT2D eigenvalue weighted by Crippen LogP contribution is 2.25. The summed E-state index contributed by atoms with van der Waals surface area (Å²) in [7, 11) is 0. The highest BCUT2D eigenvalue weighted by Gasteiger charge is 2.31. The lowest BCUT2D eigenvalue weighted by Crippen LogP contribution is -2.16. The summed E-state index contributed by atoms with van der Waals surface area (Å²) in [6, 6.07) is 8.47. The molecule has 0 unspecified atom stereocenters. The number of alkyl halides is 3. The molecule has 0 fully saturated rings. The Hall–Kier alpha value is -3.14. The molecule has 0 spiro atoms. The smallest absolute Gasteiger partial charge is 0.452 e. The standard InChI is InChI=1S/C17H9ClF4N2O4/c18-11-2-1-3-12(19)14(11)16(25)26-8-13-23-15(24-28-13)9-4-6-10(7-5-9)27-17(20,21)22/h1-7H,8H2. The van der Waals surface area contributed by atoms with Crippen molar-refractivity contribution < 1.29 is 36.4 Å². The number of esters is 1. The molecule has 3 aromatic rings. The highest BCUT2D eigenvalue weighted by molar-refractivity contribution is 6.33. The fourth-order valence-electron chi connectivity index (χ4n) is 2.13. The average molecular weight is 417 g/mol. The molecule has 0 saturated carbocycles. The average Bonchev–Trinajstić information content (AvgIpc) is 3.08. The fourth-order valence-corrected chi connectivity index (χ4v) is 2.37. The summed E-state index contributed by atoms with van der Waals surface area (Å²) in [5.41, 5.74) is -0.0860. The van der Waals surface area contributed by atoms with Crippen molar-refractivity contribution >= 4 is 17.6 Å². The predicted octanol–water partition coefficient (Wildman–Crippen LogP) is 4.78. The first-order valence-corrected chi connectivity index (χ1v) is 7.90. The van der Waals surface area contributed by atoms with Crippen molar-refractivity contribution in [1.29, 1.82) is 0 Å². The molecule has 0 amide bonds. The van der Waals surface area contributed by atoms with E-state index in [1.807, 2.05) is 0 Å². The number of ether oxygens (including phenoxy) is 2. The number of hydrogen-bond acceptors (Lipinski definition) is 6. The molecule has 0 atom stereocenters. The topological polar surface area (TPSA) is 74.5 Å². The van der Waals surface area contributed by atoms with Crippen LogP contribution in [0.3, 0.4) is 0 Å². The summed E-state index contributed by atoms with van der Waals surface area (Å²) in [5, 5.41) is 3.52. The molecule has 146 valence electrons. The second-order valence-corrected chi connectivity index (χ2v) is 5.66. The van der Waals surface area contributed by atoms with E-state index >= 15 is 0 Å². The molecule has 3 rings (SSSR count). The molecule has 1 aromatic heterocycles. The van der Waals surface area contributed by atoms with E-state index in [1.165, 1.54) is 24.3 Å². The Morgan fingerprint density at radius 2 is 1.86 bits per heavy atom. The Morgan fingerprint density at radius 3 is 2.50 bits per heavy atom. The molecule has 0 saturated heterocycles. The van der Waals surface area contributed by atoms with Gasteiger partial charge in [0.1, 0.15) is 17.1 Å². The van der Waals surface area contributed by atoms with Crippen molar-refractivity contribution in [3.63, 3.8) is 0 Å². The quantitative estimate of drug-likeness (QED) is 0.440. The summed E-state index contributed by atoms with van der Waals surface area (Å²) in [4.78, 5) is 15.9. The second kappa shape index (κ2) is 7.85. The number of benzene rings is 2. The summed E-state index contributed by atoms with van der Waals surface area (Å²) >= 11 is 5.77. The van der Waals surface area contributed by atoms with E-state index in [2.05, 4.69) is 14.9 Å². The van der Waals surface area contributed by atoms with E-state index in [0.29, 0.717) is 5.56 Å². The Morgan fingerprint density at radius 1 is 1.14 bits per heavy atom. The number of hydrogen-bond donors (Lipinski definition) is 0. The van der Waals surface area contributed by atoms with Gasteiger partial charge in [0.15, 0.2) is 6.61 Å². The predicted molar refractivity (Wildman–Crippen MR) is 86.9 cm³/mol. The number of aromatic nitrogens is 2. The normalized spacial score (nSPS) is 11.3. The number of halogens is 5. The van der Waals surface area contributed by atoms with Crippen LogP contribution >= 0.6 is 11.6 Å². The Labute approximate surface area is 159 Å². The van der Waals surface area contributed by atoms with Gasteiger partial charge in [0.25, 0.3) is 5.89 Å². The first-order chi connectivity index (χ1) is 13.2. The van der Waals surface area contributed by atoms with Gasteiger partial charge in [0.05, 0.1) is 5.02 Å². The summed E-state index contributed by atoms with van der Waals surface area (Å²) in [5.74, 6) is -2.32. The number of carbonyl (C=O) groups is 1. The Bertz CT molecular complexity index is 969. The lowest BCUT2D eigenvalue weighted by Gasteiger charge is -2.08. The van der Waals surface area contributed by atoms with Gasteiger partial charge in [-0.25, -0.2) is 9.18 Å². The second-order valence-electron chi connectivity index (χ2n) is 5.26. The molecule has 1 heterocycles. The van der Waals surface area contributed by atoms with Crippen molar-refractivity contribution in [1.82, 2.24) is 10.1 Å². The van der Waals surface area contributed by atoms with Crippen molar-refractivity contribution in [3.8, 4) is 17.1 Å². The summed E-state index contributed by atoms with van der Waals surface area (Å²) in [6.45, 7) is -0.453. The van der Waals surface area contributed by atoms with Crippen LogP contribution in [-0.4, -0.2) is 22.5 Å². The Kier molecular flexibility index (Phi) is 5.50. The van der Waals surface area contributed by atoms with Crippen molar-refractivity contribution in [2.45, 2.75) is 13.0 Å². The molecule has 0 aliphatic rings. The van der Waals surface area contributed by atoms with E-state index in [1.54, 1.807) is 0 Å². The molecular formula is C17H9ClF4N2O4. The van der Waals surface area contributed by atoms with Gasteiger partial charge in [-0.2, -0.15) is 4.98 Å². The third-order valence-electron chi connectivity index (χ3n) is 3.31. The molecule has 0 radical (unpaired) electrons. The maximum atomic E-state index is 13.7. The monoisotopic (exact) mass is 416 g/mol. The highest BCUT2D eigenvalue weighted by atomic mass is 35.5. The van der Waals surface area contributed by atoms with Gasteiger partial charge < -0.3 is 14.0 Å². The van der Waals surface area contributed by atoms with E-state index < -0.39 is 36.1 Å². The molecular weight excluding hydrogens is 408 g/mol. The SMILES string of the molecule is O=C(OCc1nc(-c2ccc(OC(F)(F)F)cc2)no1)c1c(F)cccc1Cl. The van der Waals surface area contributed by atoms with Crippen LogP contribution in [0.5, 0.6) is 5.75 Å². The van der Waals surface area contributed by atoms with Gasteiger partial charge in [-0.1, -0.05) is 22.8 Å². The lowest BCUT2D eigenvalue weighted by molar-refractivity contribution is -0.274. The first kappa shape index (κ1) is 19.6. The van der Waals surface area contributed by atoms with E-state index in [4.69, 9.17) is 20.9 Å². The van der Waals surface area contributed by atoms with Crippen LogP contribution in [0.25, 0.3) is 11.4 Å². The minimum atomic E-state index is -4.80. The minimum Gasteiger partial charge on any atom is -0.452 e. The van der Waals surface area contributed by atoms with Crippen molar-refractivity contribution in [2.75, 3.05) is 0 Å². The maximum absolute atomic E-state index is 13.7. The van der Waals surface area contributed by atoms with Crippen molar-refractivity contribution in [2.24, 2.45) is 0 Å². The fraction of sp³-hybridized carbons (Fsp3) is 0.118. The van der Waals surface area contributed by atoms with Crippen LogP contribution in [-0.2, 0) is 11.3 Å². The van der Waals surface area contributed by atoms with Gasteiger partial charge >= 0.3 is 12.3 Å². The lowest BCUT2D eigenvalue weighted by atomic mass is 10.2. The zero-order chi connectivity index (χ0) is 20.3. The zero-order valence-corrected chi connectivity index (χ0v) is 14.4. The van der Waals surface area contributed by atoms with Crippen LogP contribution in [0.15, 0.2) is 47.0 Å².